The highest BCUT2D eigenvalue weighted by molar-refractivity contribution is 8.08. The second-order valence-corrected chi connectivity index (χ2v) is 3.54. The van der Waals surface area contributed by atoms with Crippen LogP contribution in [-0.2, 0) is 6.42 Å². The van der Waals surface area contributed by atoms with Gasteiger partial charge in [0, 0.05) is 11.1 Å². The minimum atomic E-state index is 0.820. The van der Waals surface area contributed by atoms with Gasteiger partial charge >= 0.3 is 0 Å². The normalized spacial score (nSPS) is 8.87. The first-order chi connectivity index (χ1) is 7.36. The van der Waals surface area contributed by atoms with Crippen LogP contribution in [0.5, 0.6) is 0 Å². The van der Waals surface area contributed by atoms with Crippen molar-refractivity contribution in [3.05, 3.63) is 48.0 Å². The lowest BCUT2D eigenvalue weighted by atomic mass is 10.1. The SMILES string of the molecule is S=CS.c1ccc(Cc2ncn[nH]2)cc1. The summed E-state index contributed by atoms with van der Waals surface area (Å²) in [6.45, 7) is 0. The van der Waals surface area contributed by atoms with Crippen molar-refractivity contribution in [1.29, 1.82) is 0 Å². The molecular weight excluding hydrogens is 226 g/mol. The van der Waals surface area contributed by atoms with Crippen LogP contribution in [0.3, 0.4) is 0 Å². The molecule has 0 aliphatic heterocycles. The lowest BCUT2D eigenvalue weighted by molar-refractivity contribution is 0.972. The molecule has 3 nitrogen and oxygen atoms in total. The monoisotopic (exact) mass is 237 g/mol. The highest BCUT2D eigenvalue weighted by Gasteiger charge is 1.95. The molecule has 0 saturated heterocycles. The Morgan fingerprint density at radius 1 is 1.33 bits per heavy atom. The third kappa shape index (κ3) is 4.71. The van der Waals surface area contributed by atoms with Gasteiger partial charge in [0.15, 0.2) is 0 Å². The van der Waals surface area contributed by atoms with E-state index in [2.05, 4.69) is 52.2 Å². The number of hydrogen-bond donors (Lipinski definition) is 2. The average Bonchev–Trinajstić information content (AvgIpc) is 2.73. The van der Waals surface area contributed by atoms with Crippen LogP contribution < -0.4 is 0 Å². The van der Waals surface area contributed by atoms with E-state index in [0.29, 0.717) is 0 Å². The van der Waals surface area contributed by atoms with Crippen LogP contribution in [0.2, 0.25) is 0 Å². The number of rotatable bonds is 2. The largest absolute Gasteiger partial charge is 0.263 e. The molecule has 15 heavy (non-hydrogen) atoms. The number of aromatic amines is 1. The fraction of sp³-hybridized carbons (Fsp3) is 0.100. The molecule has 0 unspecified atom stereocenters. The van der Waals surface area contributed by atoms with Gasteiger partial charge in [-0.05, 0) is 5.56 Å². The van der Waals surface area contributed by atoms with Crippen LogP contribution in [0, 0.1) is 0 Å². The predicted octanol–water partition coefficient (Wildman–Crippen LogP) is 2.27. The maximum atomic E-state index is 4.13. The molecule has 1 heterocycles. The number of thiol groups is 1. The molecule has 0 spiro atoms. The lowest BCUT2D eigenvalue weighted by Crippen LogP contribution is -1.89. The van der Waals surface area contributed by atoms with E-state index < -0.39 is 0 Å². The van der Waals surface area contributed by atoms with E-state index in [1.807, 2.05) is 18.2 Å². The van der Waals surface area contributed by atoms with Crippen molar-refractivity contribution in [1.82, 2.24) is 15.2 Å². The summed E-state index contributed by atoms with van der Waals surface area (Å²) < 4.78 is 1.28. The van der Waals surface area contributed by atoms with Crippen LogP contribution >= 0.6 is 24.8 Å². The third-order valence-corrected chi connectivity index (χ3v) is 1.68. The van der Waals surface area contributed by atoms with Crippen LogP contribution in [0.25, 0.3) is 0 Å². The van der Waals surface area contributed by atoms with Crippen molar-refractivity contribution in [3.63, 3.8) is 0 Å². The predicted molar refractivity (Wildman–Crippen MR) is 68.3 cm³/mol. The Bertz CT molecular complexity index is 373. The van der Waals surface area contributed by atoms with Crippen LogP contribution in [0.15, 0.2) is 36.7 Å². The zero-order chi connectivity index (χ0) is 10.9. The molecule has 0 amide bonds. The number of hydrogen-bond acceptors (Lipinski definition) is 3. The number of nitrogens with one attached hydrogen (secondary N) is 1. The molecule has 1 aromatic heterocycles. The Morgan fingerprint density at radius 2 is 2.00 bits per heavy atom. The Kier molecular flexibility index (Phi) is 5.65. The molecule has 2 aromatic rings. The topological polar surface area (TPSA) is 41.6 Å². The maximum Gasteiger partial charge on any atom is 0.137 e. The van der Waals surface area contributed by atoms with Gasteiger partial charge < -0.3 is 0 Å². The molecule has 1 aromatic carbocycles. The summed E-state index contributed by atoms with van der Waals surface area (Å²) in [5.41, 5.74) is 1.24. The van der Waals surface area contributed by atoms with Gasteiger partial charge in [-0.1, -0.05) is 42.5 Å². The minimum absolute atomic E-state index is 0.820. The summed E-state index contributed by atoms with van der Waals surface area (Å²) in [6.07, 6.45) is 2.35. The van der Waals surface area contributed by atoms with E-state index in [1.165, 1.54) is 16.6 Å². The fourth-order valence-electron chi connectivity index (χ4n) is 1.11. The van der Waals surface area contributed by atoms with Crippen molar-refractivity contribution in [2.24, 2.45) is 0 Å². The molecule has 0 aliphatic carbocycles. The Morgan fingerprint density at radius 3 is 2.53 bits per heavy atom. The summed E-state index contributed by atoms with van der Waals surface area (Å²) in [6, 6.07) is 10.2. The molecule has 0 radical (unpaired) electrons. The molecule has 0 saturated carbocycles. The summed E-state index contributed by atoms with van der Waals surface area (Å²) >= 11 is 7.61. The molecule has 0 bridgehead atoms. The number of aromatic nitrogens is 3. The highest BCUT2D eigenvalue weighted by Crippen LogP contribution is 2.02. The van der Waals surface area contributed by atoms with E-state index in [1.54, 1.807) is 0 Å². The molecule has 0 aliphatic rings. The van der Waals surface area contributed by atoms with Gasteiger partial charge in [-0.25, -0.2) is 4.98 Å². The van der Waals surface area contributed by atoms with Crippen LogP contribution in [-0.4, -0.2) is 19.9 Å². The number of nitrogens with zero attached hydrogens (tertiary/aromatic N) is 2. The Labute approximate surface area is 99.4 Å². The van der Waals surface area contributed by atoms with E-state index in [-0.39, 0.29) is 0 Å². The van der Waals surface area contributed by atoms with Gasteiger partial charge in [0.2, 0.25) is 0 Å². The van der Waals surface area contributed by atoms with Crippen LogP contribution in [0.4, 0.5) is 0 Å². The van der Waals surface area contributed by atoms with E-state index in [0.717, 1.165) is 12.2 Å². The molecule has 0 atom stereocenters. The van der Waals surface area contributed by atoms with Gasteiger partial charge in [0.1, 0.15) is 12.2 Å². The molecule has 1 N–H and O–H groups in total. The van der Waals surface area contributed by atoms with Gasteiger partial charge in [0.25, 0.3) is 0 Å². The fourth-order valence-corrected chi connectivity index (χ4v) is 1.11. The number of benzene rings is 1. The van der Waals surface area contributed by atoms with E-state index in [9.17, 15) is 0 Å². The first kappa shape index (κ1) is 11.9. The first-order valence-corrected chi connectivity index (χ1v) is 5.31. The third-order valence-electron chi connectivity index (χ3n) is 1.68. The molecule has 2 rings (SSSR count). The molecule has 78 valence electrons. The summed E-state index contributed by atoms with van der Waals surface area (Å²) in [5.74, 6) is 0.904. The van der Waals surface area contributed by atoms with Crippen molar-refractivity contribution in [3.8, 4) is 0 Å². The van der Waals surface area contributed by atoms with Crippen molar-refractivity contribution >= 4 is 29.5 Å². The van der Waals surface area contributed by atoms with Crippen molar-refractivity contribution < 1.29 is 0 Å². The van der Waals surface area contributed by atoms with Gasteiger partial charge in [0.05, 0.1) is 0 Å². The lowest BCUT2D eigenvalue weighted by Gasteiger charge is -1.94. The van der Waals surface area contributed by atoms with E-state index in [4.69, 9.17) is 0 Å². The Balaban J connectivity index is 0.000000337. The zero-order valence-electron chi connectivity index (χ0n) is 8.00. The minimum Gasteiger partial charge on any atom is -0.263 e. The molecule has 5 heteroatoms. The second kappa shape index (κ2) is 7.14. The summed E-state index contributed by atoms with van der Waals surface area (Å²) in [7, 11) is 0. The quantitative estimate of drug-likeness (QED) is 0.622. The number of thiocarbonyl (C=S) groups is 1. The van der Waals surface area contributed by atoms with Gasteiger partial charge in [-0.15, -0.1) is 12.6 Å². The van der Waals surface area contributed by atoms with Gasteiger partial charge in [-0.3, -0.25) is 5.10 Å². The van der Waals surface area contributed by atoms with Crippen molar-refractivity contribution in [2.75, 3.05) is 0 Å². The van der Waals surface area contributed by atoms with Crippen molar-refractivity contribution in [2.45, 2.75) is 6.42 Å². The smallest absolute Gasteiger partial charge is 0.137 e. The maximum absolute atomic E-state index is 4.13. The molecular formula is C10H11N3S2. The van der Waals surface area contributed by atoms with E-state index >= 15 is 0 Å². The van der Waals surface area contributed by atoms with Crippen LogP contribution in [0.1, 0.15) is 11.4 Å². The summed E-state index contributed by atoms with van der Waals surface area (Å²) in [5, 5.41) is 6.61. The Hall–Kier alpha value is -1.20. The van der Waals surface area contributed by atoms with Gasteiger partial charge in [-0.2, -0.15) is 5.10 Å². The second-order valence-electron chi connectivity index (χ2n) is 2.70. The standard InChI is InChI=1S/C9H9N3.CH2S2/c1-2-4-8(5-3-1)6-9-10-7-11-12-9;2-1-3/h1-5,7H,6H2,(H,10,11,12);1H,(H,2,3). The highest BCUT2D eigenvalue weighted by atomic mass is 32.1. The zero-order valence-corrected chi connectivity index (χ0v) is 9.71. The summed E-state index contributed by atoms with van der Waals surface area (Å²) in [4.78, 5) is 4.04. The molecule has 0 fully saturated rings. The first-order valence-electron chi connectivity index (χ1n) is 4.33. The number of H-pyrrole nitrogens is 1. The average molecular weight is 237 g/mol.